The molecule has 0 aromatic carbocycles. The molecule has 1 fully saturated rings. The van der Waals surface area contributed by atoms with Gasteiger partial charge in [-0.25, -0.2) is 0 Å². The normalized spacial score (nSPS) is 18.5. The first-order chi connectivity index (χ1) is 6.70. The van der Waals surface area contributed by atoms with E-state index in [2.05, 4.69) is 5.32 Å². The standard InChI is InChI=1S/C9H18N2O2S/c1-14(13)7-4-10-8-9(12)11-5-2-3-6-11/h10H,2-8H2,1H3. The summed E-state index contributed by atoms with van der Waals surface area (Å²) in [5.74, 6) is 0.789. The molecule has 1 aliphatic heterocycles. The molecule has 5 heteroatoms. The average molecular weight is 218 g/mol. The molecule has 1 unspecified atom stereocenters. The Morgan fingerprint density at radius 3 is 2.64 bits per heavy atom. The highest BCUT2D eigenvalue weighted by Crippen LogP contribution is 2.06. The number of hydrogen-bond donors (Lipinski definition) is 1. The molecule has 82 valence electrons. The van der Waals surface area contributed by atoms with Crippen molar-refractivity contribution in [3.63, 3.8) is 0 Å². The van der Waals surface area contributed by atoms with Crippen molar-refractivity contribution in [2.24, 2.45) is 0 Å². The van der Waals surface area contributed by atoms with Crippen LogP contribution in [0.15, 0.2) is 0 Å². The summed E-state index contributed by atoms with van der Waals surface area (Å²) in [5.41, 5.74) is 0. The third-order valence-electron chi connectivity index (χ3n) is 2.30. The van der Waals surface area contributed by atoms with Gasteiger partial charge in [-0.3, -0.25) is 9.00 Å². The van der Waals surface area contributed by atoms with Gasteiger partial charge in [0.1, 0.15) is 0 Å². The molecular formula is C9H18N2O2S. The fourth-order valence-electron chi connectivity index (χ4n) is 1.49. The Labute approximate surface area is 87.5 Å². The van der Waals surface area contributed by atoms with E-state index in [4.69, 9.17) is 0 Å². The van der Waals surface area contributed by atoms with Gasteiger partial charge in [-0.1, -0.05) is 0 Å². The van der Waals surface area contributed by atoms with Gasteiger partial charge in [0.2, 0.25) is 5.91 Å². The van der Waals surface area contributed by atoms with Crippen molar-refractivity contribution in [1.82, 2.24) is 10.2 Å². The Balaban J connectivity index is 2.05. The lowest BCUT2D eigenvalue weighted by atomic mass is 10.4. The third kappa shape index (κ3) is 4.19. The number of hydrogen-bond acceptors (Lipinski definition) is 3. The topological polar surface area (TPSA) is 49.4 Å². The zero-order chi connectivity index (χ0) is 10.4. The van der Waals surface area contributed by atoms with Crippen LogP contribution in [0.3, 0.4) is 0 Å². The SMILES string of the molecule is CS(=O)CCNCC(=O)N1CCCC1. The highest BCUT2D eigenvalue weighted by atomic mass is 32.2. The van der Waals surface area contributed by atoms with Gasteiger partial charge in [0.25, 0.3) is 0 Å². The predicted octanol–water partition coefficient (Wildman–Crippen LogP) is -0.423. The number of amides is 1. The Morgan fingerprint density at radius 1 is 1.43 bits per heavy atom. The van der Waals surface area contributed by atoms with E-state index in [1.165, 1.54) is 0 Å². The number of nitrogens with one attached hydrogen (secondary N) is 1. The van der Waals surface area contributed by atoms with Crippen LogP contribution in [0.1, 0.15) is 12.8 Å². The van der Waals surface area contributed by atoms with Crippen LogP contribution in [0.4, 0.5) is 0 Å². The van der Waals surface area contributed by atoms with Gasteiger partial charge >= 0.3 is 0 Å². The highest BCUT2D eigenvalue weighted by molar-refractivity contribution is 7.84. The van der Waals surface area contributed by atoms with Crippen LogP contribution in [-0.2, 0) is 15.6 Å². The molecule has 0 spiro atoms. The predicted molar refractivity (Wildman–Crippen MR) is 57.6 cm³/mol. The summed E-state index contributed by atoms with van der Waals surface area (Å²) in [6.45, 7) is 2.85. The Hall–Kier alpha value is -0.420. The van der Waals surface area contributed by atoms with Gasteiger partial charge in [-0.15, -0.1) is 0 Å². The lowest BCUT2D eigenvalue weighted by Crippen LogP contribution is -2.37. The maximum absolute atomic E-state index is 11.5. The lowest BCUT2D eigenvalue weighted by molar-refractivity contribution is -0.129. The minimum absolute atomic E-state index is 0.171. The average Bonchev–Trinajstić information content (AvgIpc) is 2.64. The zero-order valence-corrected chi connectivity index (χ0v) is 9.44. The summed E-state index contributed by atoms with van der Waals surface area (Å²) < 4.78 is 10.7. The molecule has 4 nitrogen and oxygen atoms in total. The van der Waals surface area contributed by atoms with Crippen LogP contribution in [-0.4, -0.2) is 53.2 Å². The van der Waals surface area contributed by atoms with E-state index in [1.54, 1.807) is 6.26 Å². The number of rotatable bonds is 5. The second-order valence-electron chi connectivity index (χ2n) is 3.54. The summed E-state index contributed by atoms with van der Waals surface area (Å²) in [4.78, 5) is 13.4. The van der Waals surface area contributed by atoms with Crippen molar-refractivity contribution in [3.05, 3.63) is 0 Å². The van der Waals surface area contributed by atoms with Crippen molar-refractivity contribution < 1.29 is 9.00 Å². The Bertz CT molecular complexity index is 215. The first-order valence-electron chi connectivity index (χ1n) is 4.98. The van der Waals surface area contributed by atoms with E-state index in [-0.39, 0.29) is 5.91 Å². The molecule has 0 aromatic heterocycles. The number of likely N-dealkylation sites (tertiary alicyclic amines) is 1. The molecule has 14 heavy (non-hydrogen) atoms. The fourth-order valence-corrected chi connectivity index (χ4v) is 1.92. The number of carbonyl (C=O) groups excluding carboxylic acids is 1. The van der Waals surface area contributed by atoms with Crippen molar-refractivity contribution in [1.29, 1.82) is 0 Å². The maximum atomic E-state index is 11.5. The molecule has 0 aromatic rings. The lowest BCUT2D eigenvalue weighted by Gasteiger charge is -2.15. The van der Waals surface area contributed by atoms with E-state index >= 15 is 0 Å². The van der Waals surface area contributed by atoms with Gasteiger partial charge < -0.3 is 10.2 Å². The van der Waals surface area contributed by atoms with Crippen LogP contribution in [0, 0.1) is 0 Å². The first kappa shape index (κ1) is 11.7. The van der Waals surface area contributed by atoms with Gasteiger partial charge in [0, 0.05) is 42.4 Å². The summed E-state index contributed by atoms with van der Waals surface area (Å²) in [6.07, 6.45) is 3.93. The van der Waals surface area contributed by atoms with E-state index in [9.17, 15) is 9.00 Å². The van der Waals surface area contributed by atoms with E-state index in [1.807, 2.05) is 4.90 Å². The molecule has 0 bridgehead atoms. The van der Waals surface area contributed by atoms with Gasteiger partial charge in [0.05, 0.1) is 6.54 Å². The van der Waals surface area contributed by atoms with Gasteiger partial charge in [0.15, 0.2) is 0 Å². The van der Waals surface area contributed by atoms with Gasteiger partial charge in [-0.05, 0) is 12.8 Å². The largest absolute Gasteiger partial charge is 0.342 e. The zero-order valence-electron chi connectivity index (χ0n) is 8.62. The first-order valence-corrected chi connectivity index (χ1v) is 6.71. The molecule has 0 aliphatic carbocycles. The smallest absolute Gasteiger partial charge is 0.236 e. The molecule has 1 saturated heterocycles. The van der Waals surface area contributed by atoms with Crippen molar-refractivity contribution >= 4 is 16.7 Å². The van der Waals surface area contributed by atoms with Crippen molar-refractivity contribution in [2.45, 2.75) is 12.8 Å². The van der Waals surface area contributed by atoms with Crippen LogP contribution in [0.5, 0.6) is 0 Å². The Morgan fingerprint density at radius 2 is 2.07 bits per heavy atom. The van der Waals surface area contributed by atoms with Crippen LogP contribution < -0.4 is 5.32 Å². The molecule has 1 rings (SSSR count). The highest BCUT2D eigenvalue weighted by Gasteiger charge is 2.16. The summed E-state index contributed by atoms with van der Waals surface area (Å²) in [6, 6.07) is 0. The number of carbonyl (C=O) groups is 1. The molecule has 0 radical (unpaired) electrons. The summed E-state index contributed by atoms with van der Waals surface area (Å²) in [5, 5.41) is 3.01. The molecule has 1 atom stereocenters. The van der Waals surface area contributed by atoms with Crippen LogP contribution in [0.25, 0.3) is 0 Å². The third-order valence-corrected chi connectivity index (χ3v) is 3.08. The van der Waals surface area contributed by atoms with Crippen molar-refractivity contribution in [3.8, 4) is 0 Å². The fraction of sp³-hybridized carbons (Fsp3) is 0.889. The minimum atomic E-state index is -0.770. The maximum Gasteiger partial charge on any atom is 0.236 e. The molecule has 1 amide bonds. The molecule has 1 N–H and O–H groups in total. The molecular weight excluding hydrogens is 200 g/mol. The Kier molecular flexibility index (Phi) is 5.11. The van der Waals surface area contributed by atoms with E-state index in [0.29, 0.717) is 18.8 Å². The monoisotopic (exact) mass is 218 g/mol. The van der Waals surface area contributed by atoms with Gasteiger partial charge in [-0.2, -0.15) is 0 Å². The molecule has 1 aliphatic rings. The van der Waals surface area contributed by atoms with Crippen LogP contribution in [0.2, 0.25) is 0 Å². The van der Waals surface area contributed by atoms with E-state index in [0.717, 1.165) is 25.9 Å². The van der Waals surface area contributed by atoms with Crippen molar-refractivity contribution in [2.75, 3.05) is 38.2 Å². The summed E-state index contributed by atoms with van der Waals surface area (Å²) in [7, 11) is -0.770. The summed E-state index contributed by atoms with van der Waals surface area (Å²) >= 11 is 0. The second-order valence-corrected chi connectivity index (χ2v) is 5.10. The quantitative estimate of drug-likeness (QED) is 0.638. The minimum Gasteiger partial charge on any atom is -0.342 e. The van der Waals surface area contributed by atoms with Crippen LogP contribution >= 0.6 is 0 Å². The number of nitrogens with zero attached hydrogens (tertiary/aromatic N) is 1. The molecule has 1 heterocycles. The van der Waals surface area contributed by atoms with E-state index < -0.39 is 10.8 Å². The second kappa shape index (κ2) is 6.14. The molecule has 0 saturated carbocycles.